The van der Waals surface area contributed by atoms with Crippen LogP contribution in [0, 0.1) is 13.8 Å². The highest BCUT2D eigenvalue weighted by Crippen LogP contribution is 2.26. The predicted molar refractivity (Wildman–Crippen MR) is 105 cm³/mol. The van der Waals surface area contributed by atoms with E-state index in [0.29, 0.717) is 33.1 Å². The molecule has 0 saturated carbocycles. The molecule has 3 aromatic rings. The van der Waals surface area contributed by atoms with E-state index in [1.807, 2.05) is 30.3 Å². The molecule has 2 N–H and O–H groups in total. The van der Waals surface area contributed by atoms with Crippen LogP contribution in [0.5, 0.6) is 0 Å². The predicted octanol–water partition coefficient (Wildman–Crippen LogP) is 3.41. The number of thioether (sulfide) groups is 1. The van der Waals surface area contributed by atoms with Crippen LogP contribution in [0.15, 0.2) is 45.2 Å². The van der Waals surface area contributed by atoms with Crippen LogP contribution in [0.25, 0.3) is 0 Å². The first-order valence-corrected chi connectivity index (χ1v) is 9.97. The zero-order valence-corrected chi connectivity index (χ0v) is 16.4. The fourth-order valence-corrected chi connectivity index (χ4v) is 3.89. The lowest BCUT2D eigenvalue weighted by molar-refractivity contribution is -0.118. The Kier molecular flexibility index (Phi) is 6.25. The SMILES string of the molecule is Cc1cc(C(=O)Nc2nnc(SCC(=O)NCc3ccccc3)s2)c(C)o1. The van der Waals surface area contributed by atoms with Crippen molar-refractivity contribution in [3.8, 4) is 0 Å². The highest BCUT2D eigenvalue weighted by Gasteiger charge is 2.16. The summed E-state index contributed by atoms with van der Waals surface area (Å²) in [6.07, 6.45) is 0. The van der Waals surface area contributed by atoms with Gasteiger partial charge in [-0.25, -0.2) is 0 Å². The van der Waals surface area contributed by atoms with Crippen LogP contribution in [0.1, 0.15) is 27.4 Å². The minimum Gasteiger partial charge on any atom is -0.466 e. The van der Waals surface area contributed by atoms with E-state index in [0.717, 1.165) is 5.56 Å². The standard InChI is InChI=1S/C18H18N4O3S2/c1-11-8-14(12(2)25-11)16(24)20-17-21-22-18(27-17)26-10-15(23)19-9-13-6-4-3-5-7-13/h3-8H,9-10H2,1-2H3,(H,19,23)(H,20,21,24). The van der Waals surface area contributed by atoms with Gasteiger partial charge in [0.2, 0.25) is 11.0 Å². The number of nitrogens with one attached hydrogen (secondary N) is 2. The summed E-state index contributed by atoms with van der Waals surface area (Å²) in [4.78, 5) is 24.2. The van der Waals surface area contributed by atoms with Crippen molar-refractivity contribution < 1.29 is 14.0 Å². The van der Waals surface area contributed by atoms with Gasteiger partial charge in [-0.2, -0.15) is 0 Å². The molecule has 0 aliphatic heterocycles. The minimum absolute atomic E-state index is 0.0888. The summed E-state index contributed by atoms with van der Waals surface area (Å²) in [6.45, 7) is 4.00. The number of nitrogens with zero attached hydrogens (tertiary/aromatic N) is 2. The molecule has 0 aliphatic carbocycles. The van der Waals surface area contributed by atoms with Crippen molar-refractivity contribution in [1.82, 2.24) is 15.5 Å². The summed E-state index contributed by atoms with van der Waals surface area (Å²) in [5, 5.41) is 13.9. The van der Waals surface area contributed by atoms with Crippen LogP contribution in [-0.2, 0) is 11.3 Å². The molecular formula is C18H18N4O3S2. The van der Waals surface area contributed by atoms with Gasteiger partial charge in [-0.1, -0.05) is 53.4 Å². The van der Waals surface area contributed by atoms with E-state index in [1.165, 1.54) is 23.1 Å². The number of carbonyl (C=O) groups is 2. The number of benzene rings is 1. The van der Waals surface area contributed by atoms with Gasteiger partial charge < -0.3 is 9.73 Å². The highest BCUT2D eigenvalue weighted by atomic mass is 32.2. The van der Waals surface area contributed by atoms with E-state index in [9.17, 15) is 9.59 Å². The van der Waals surface area contributed by atoms with Crippen LogP contribution < -0.4 is 10.6 Å². The Labute approximate surface area is 164 Å². The summed E-state index contributed by atoms with van der Waals surface area (Å²) in [5.41, 5.74) is 1.51. The molecule has 0 unspecified atom stereocenters. The van der Waals surface area contributed by atoms with E-state index >= 15 is 0 Å². The maximum absolute atomic E-state index is 12.2. The molecule has 0 aliphatic rings. The van der Waals surface area contributed by atoms with Crippen molar-refractivity contribution in [3.05, 3.63) is 59.0 Å². The molecule has 9 heteroatoms. The first-order chi connectivity index (χ1) is 13.0. The van der Waals surface area contributed by atoms with Crippen molar-refractivity contribution in [2.24, 2.45) is 0 Å². The zero-order chi connectivity index (χ0) is 19.2. The average molecular weight is 403 g/mol. The maximum atomic E-state index is 12.2. The van der Waals surface area contributed by atoms with Crippen LogP contribution >= 0.6 is 23.1 Å². The second-order valence-corrected chi connectivity index (χ2v) is 7.91. The third-order valence-electron chi connectivity index (χ3n) is 3.57. The molecule has 7 nitrogen and oxygen atoms in total. The third-order valence-corrected chi connectivity index (χ3v) is 5.54. The van der Waals surface area contributed by atoms with Crippen LogP contribution in [0.3, 0.4) is 0 Å². The Balaban J connectivity index is 1.47. The number of aromatic nitrogens is 2. The number of carbonyl (C=O) groups excluding carboxylic acids is 2. The molecule has 1 aromatic carbocycles. The van der Waals surface area contributed by atoms with E-state index in [2.05, 4.69) is 20.8 Å². The van der Waals surface area contributed by atoms with E-state index < -0.39 is 0 Å². The number of anilines is 1. The molecule has 2 amide bonds. The number of rotatable bonds is 7. The van der Waals surface area contributed by atoms with Gasteiger partial charge in [-0.15, -0.1) is 10.2 Å². The largest absolute Gasteiger partial charge is 0.466 e. The van der Waals surface area contributed by atoms with Crippen molar-refractivity contribution >= 4 is 40.0 Å². The Morgan fingerprint density at radius 3 is 2.67 bits per heavy atom. The maximum Gasteiger partial charge on any atom is 0.261 e. The molecule has 2 heterocycles. The molecule has 0 atom stereocenters. The molecule has 3 rings (SSSR count). The molecule has 0 radical (unpaired) electrons. The quantitative estimate of drug-likeness (QED) is 0.464. The fourth-order valence-electron chi connectivity index (χ4n) is 2.31. The van der Waals surface area contributed by atoms with Gasteiger partial charge in [-0.05, 0) is 25.5 Å². The second kappa shape index (κ2) is 8.83. The monoisotopic (exact) mass is 402 g/mol. The van der Waals surface area contributed by atoms with Gasteiger partial charge in [0, 0.05) is 6.54 Å². The lowest BCUT2D eigenvalue weighted by atomic mass is 10.2. The lowest BCUT2D eigenvalue weighted by Gasteiger charge is -2.03. The van der Waals surface area contributed by atoms with Gasteiger partial charge in [0.1, 0.15) is 11.5 Å². The minimum atomic E-state index is -0.294. The van der Waals surface area contributed by atoms with Crippen LogP contribution in [0.2, 0.25) is 0 Å². The Bertz CT molecular complexity index is 937. The molecule has 0 saturated heterocycles. The first-order valence-electron chi connectivity index (χ1n) is 8.16. The molecule has 140 valence electrons. The summed E-state index contributed by atoms with van der Waals surface area (Å²) in [5.74, 6) is 1.08. The molecule has 0 spiro atoms. The number of amides is 2. The van der Waals surface area contributed by atoms with E-state index in [4.69, 9.17) is 4.42 Å². The number of aryl methyl sites for hydroxylation is 2. The van der Waals surface area contributed by atoms with Crippen LogP contribution in [-0.4, -0.2) is 27.8 Å². The average Bonchev–Trinajstić information content (AvgIpc) is 3.24. The summed E-state index contributed by atoms with van der Waals surface area (Å²) in [7, 11) is 0. The van der Waals surface area contributed by atoms with Gasteiger partial charge >= 0.3 is 0 Å². The van der Waals surface area contributed by atoms with Crippen molar-refractivity contribution in [1.29, 1.82) is 0 Å². The summed E-state index contributed by atoms with van der Waals surface area (Å²) in [6, 6.07) is 11.4. The normalized spacial score (nSPS) is 10.6. The molecular weight excluding hydrogens is 384 g/mol. The smallest absolute Gasteiger partial charge is 0.261 e. The summed E-state index contributed by atoms with van der Waals surface area (Å²) >= 11 is 2.50. The molecule has 2 aromatic heterocycles. The van der Waals surface area contributed by atoms with Gasteiger partial charge in [0.05, 0.1) is 11.3 Å². The van der Waals surface area contributed by atoms with Gasteiger partial charge in [0.15, 0.2) is 4.34 Å². The van der Waals surface area contributed by atoms with Crippen molar-refractivity contribution in [3.63, 3.8) is 0 Å². The van der Waals surface area contributed by atoms with Gasteiger partial charge in [-0.3, -0.25) is 14.9 Å². The highest BCUT2D eigenvalue weighted by molar-refractivity contribution is 8.01. The zero-order valence-electron chi connectivity index (χ0n) is 14.8. The van der Waals surface area contributed by atoms with Crippen molar-refractivity contribution in [2.75, 3.05) is 11.1 Å². The second-order valence-electron chi connectivity index (χ2n) is 5.71. The van der Waals surface area contributed by atoms with E-state index in [1.54, 1.807) is 19.9 Å². The third kappa shape index (κ3) is 5.41. The Hall–Kier alpha value is -2.65. The lowest BCUT2D eigenvalue weighted by Crippen LogP contribution is -2.24. The first kappa shape index (κ1) is 19.1. The molecule has 0 fully saturated rings. The summed E-state index contributed by atoms with van der Waals surface area (Å²) < 4.78 is 5.97. The number of furan rings is 1. The Morgan fingerprint density at radius 2 is 1.96 bits per heavy atom. The topological polar surface area (TPSA) is 97.1 Å². The fraction of sp³-hybridized carbons (Fsp3) is 0.222. The number of hydrogen-bond acceptors (Lipinski definition) is 7. The molecule has 27 heavy (non-hydrogen) atoms. The Morgan fingerprint density at radius 1 is 1.19 bits per heavy atom. The van der Waals surface area contributed by atoms with Gasteiger partial charge in [0.25, 0.3) is 5.91 Å². The number of hydrogen-bond donors (Lipinski definition) is 2. The van der Waals surface area contributed by atoms with E-state index in [-0.39, 0.29) is 17.6 Å². The van der Waals surface area contributed by atoms with Crippen molar-refractivity contribution in [2.45, 2.75) is 24.7 Å². The molecule has 0 bridgehead atoms. The van der Waals surface area contributed by atoms with Crippen LogP contribution in [0.4, 0.5) is 5.13 Å².